The number of nitrogens with one attached hydrogen (secondary N) is 1. The Morgan fingerprint density at radius 1 is 1.14 bits per heavy atom. The smallest absolute Gasteiger partial charge is 0.251 e. The molecule has 4 heteroatoms. The van der Waals surface area contributed by atoms with Gasteiger partial charge in [-0.3, -0.25) is 4.79 Å². The van der Waals surface area contributed by atoms with Gasteiger partial charge in [-0.15, -0.1) is 0 Å². The minimum atomic E-state index is -0.361. The first kappa shape index (κ1) is 16.2. The van der Waals surface area contributed by atoms with E-state index < -0.39 is 0 Å². The van der Waals surface area contributed by atoms with Gasteiger partial charge < -0.3 is 10.2 Å². The Morgan fingerprint density at radius 2 is 1.82 bits per heavy atom. The molecule has 3 nitrogen and oxygen atoms in total. The highest BCUT2D eigenvalue weighted by Crippen LogP contribution is 2.12. The predicted molar refractivity (Wildman–Crippen MR) is 86.1 cm³/mol. The highest BCUT2D eigenvalue weighted by atomic mass is 19.1. The van der Waals surface area contributed by atoms with Gasteiger partial charge in [-0.25, -0.2) is 4.39 Å². The van der Waals surface area contributed by atoms with E-state index in [0.717, 1.165) is 12.1 Å². The van der Waals surface area contributed by atoms with E-state index in [1.54, 1.807) is 19.1 Å². The molecule has 1 amide bonds. The van der Waals surface area contributed by atoms with E-state index in [1.807, 2.05) is 38.4 Å². The van der Waals surface area contributed by atoms with Gasteiger partial charge in [0.25, 0.3) is 5.91 Å². The Labute approximate surface area is 130 Å². The van der Waals surface area contributed by atoms with Crippen LogP contribution < -0.4 is 5.32 Å². The van der Waals surface area contributed by atoms with Crippen molar-refractivity contribution in [3.63, 3.8) is 0 Å². The Hall–Kier alpha value is -2.20. The van der Waals surface area contributed by atoms with Crippen LogP contribution in [0, 0.1) is 12.7 Å². The van der Waals surface area contributed by atoms with Gasteiger partial charge in [0.15, 0.2) is 0 Å². The lowest BCUT2D eigenvalue weighted by Crippen LogP contribution is -2.24. The number of benzene rings is 2. The van der Waals surface area contributed by atoms with Crippen LogP contribution in [-0.2, 0) is 13.1 Å². The van der Waals surface area contributed by atoms with E-state index in [2.05, 4.69) is 10.2 Å². The molecule has 22 heavy (non-hydrogen) atoms. The number of carbonyl (C=O) groups excluding carboxylic acids is 1. The van der Waals surface area contributed by atoms with E-state index in [-0.39, 0.29) is 11.7 Å². The van der Waals surface area contributed by atoms with Crippen LogP contribution in [0.5, 0.6) is 0 Å². The zero-order chi connectivity index (χ0) is 16.1. The van der Waals surface area contributed by atoms with Crippen molar-refractivity contribution >= 4 is 5.91 Å². The third-order valence-electron chi connectivity index (χ3n) is 3.48. The van der Waals surface area contributed by atoms with Crippen LogP contribution >= 0.6 is 0 Å². The fourth-order valence-electron chi connectivity index (χ4n) is 2.24. The maximum atomic E-state index is 13.5. The van der Waals surface area contributed by atoms with Gasteiger partial charge in [0, 0.05) is 18.7 Å². The average molecular weight is 300 g/mol. The summed E-state index contributed by atoms with van der Waals surface area (Å²) in [6.45, 7) is 2.91. The molecule has 2 aromatic carbocycles. The number of halogens is 1. The lowest BCUT2D eigenvalue weighted by atomic mass is 10.1. The Morgan fingerprint density at radius 3 is 2.45 bits per heavy atom. The highest BCUT2D eigenvalue weighted by molar-refractivity contribution is 5.94. The average Bonchev–Trinajstić information content (AvgIpc) is 2.48. The zero-order valence-corrected chi connectivity index (χ0v) is 13.2. The summed E-state index contributed by atoms with van der Waals surface area (Å²) in [5.74, 6) is -0.626. The van der Waals surface area contributed by atoms with Crippen LogP contribution in [0.4, 0.5) is 4.39 Å². The minimum Gasteiger partial charge on any atom is -0.348 e. The molecular weight excluding hydrogens is 279 g/mol. The maximum absolute atomic E-state index is 13.5. The van der Waals surface area contributed by atoms with Crippen molar-refractivity contribution in [2.45, 2.75) is 20.0 Å². The number of nitrogens with zero attached hydrogens (tertiary/aromatic N) is 1. The number of carbonyl (C=O) groups is 1. The summed E-state index contributed by atoms with van der Waals surface area (Å²) in [5, 5.41) is 2.85. The Kier molecular flexibility index (Phi) is 5.28. The molecule has 0 aromatic heterocycles. The SMILES string of the molecule is Cc1ccc(C(=O)NCc2ccccc2CN(C)C)cc1F. The molecule has 0 fully saturated rings. The van der Waals surface area contributed by atoms with E-state index in [1.165, 1.54) is 11.6 Å². The summed E-state index contributed by atoms with van der Waals surface area (Å²) >= 11 is 0. The molecule has 0 unspecified atom stereocenters. The number of amides is 1. The summed E-state index contributed by atoms with van der Waals surface area (Å²) in [6, 6.07) is 12.5. The van der Waals surface area contributed by atoms with Crippen LogP contribution in [0.15, 0.2) is 42.5 Å². The second-order valence-electron chi connectivity index (χ2n) is 5.65. The quantitative estimate of drug-likeness (QED) is 0.920. The van der Waals surface area contributed by atoms with Crippen molar-refractivity contribution in [1.29, 1.82) is 0 Å². The van der Waals surface area contributed by atoms with E-state index in [9.17, 15) is 9.18 Å². The Bertz CT molecular complexity index is 668. The first-order valence-electron chi connectivity index (χ1n) is 7.23. The van der Waals surface area contributed by atoms with Gasteiger partial charge in [0.1, 0.15) is 5.82 Å². The van der Waals surface area contributed by atoms with E-state index >= 15 is 0 Å². The molecule has 0 heterocycles. The molecular formula is C18H21FN2O. The molecule has 0 radical (unpaired) electrons. The topological polar surface area (TPSA) is 32.3 Å². The van der Waals surface area contributed by atoms with Crippen LogP contribution in [-0.4, -0.2) is 24.9 Å². The second kappa shape index (κ2) is 7.18. The number of hydrogen-bond acceptors (Lipinski definition) is 2. The molecule has 0 aliphatic rings. The van der Waals surface area contributed by atoms with Gasteiger partial charge in [-0.2, -0.15) is 0 Å². The molecule has 116 valence electrons. The molecule has 1 N–H and O–H groups in total. The monoisotopic (exact) mass is 300 g/mol. The van der Waals surface area contributed by atoms with Crippen LogP contribution in [0.25, 0.3) is 0 Å². The highest BCUT2D eigenvalue weighted by Gasteiger charge is 2.09. The summed E-state index contributed by atoms with van der Waals surface area (Å²) in [5.41, 5.74) is 3.11. The van der Waals surface area contributed by atoms with Gasteiger partial charge in [0.2, 0.25) is 0 Å². The van der Waals surface area contributed by atoms with Crippen molar-refractivity contribution in [3.05, 3.63) is 70.5 Å². The van der Waals surface area contributed by atoms with Crippen molar-refractivity contribution in [2.75, 3.05) is 14.1 Å². The standard InChI is InChI=1S/C18H21FN2O/c1-13-8-9-14(10-17(13)19)18(22)20-11-15-6-4-5-7-16(15)12-21(2)3/h4-10H,11-12H2,1-3H3,(H,20,22). The Balaban J connectivity index is 2.06. The van der Waals surface area contributed by atoms with E-state index in [0.29, 0.717) is 17.7 Å². The van der Waals surface area contributed by atoms with Crippen LogP contribution in [0.2, 0.25) is 0 Å². The lowest BCUT2D eigenvalue weighted by molar-refractivity contribution is 0.0950. The fraction of sp³-hybridized carbons (Fsp3) is 0.278. The predicted octanol–water partition coefficient (Wildman–Crippen LogP) is 3.13. The summed E-state index contributed by atoms with van der Waals surface area (Å²) < 4.78 is 13.5. The zero-order valence-electron chi connectivity index (χ0n) is 13.2. The first-order chi connectivity index (χ1) is 10.5. The molecule has 0 atom stereocenters. The third kappa shape index (κ3) is 4.15. The molecule has 0 saturated heterocycles. The largest absolute Gasteiger partial charge is 0.348 e. The van der Waals surface area contributed by atoms with Gasteiger partial charge in [-0.05, 0) is 49.8 Å². The molecule has 0 aliphatic heterocycles. The third-order valence-corrected chi connectivity index (χ3v) is 3.48. The molecule has 0 spiro atoms. The van der Waals surface area contributed by atoms with Crippen LogP contribution in [0.1, 0.15) is 27.0 Å². The maximum Gasteiger partial charge on any atom is 0.251 e. The lowest BCUT2D eigenvalue weighted by Gasteiger charge is -2.14. The molecule has 0 saturated carbocycles. The number of hydrogen-bond donors (Lipinski definition) is 1. The van der Waals surface area contributed by atoms with Gasteiger partial charge >= 0.3 is 0 Å². The van der Waals surface area contributed by atoms with Gasteiger partial charge in [-0.1, -0.05) is 30.3 Å². The number of rotatable bonds is 5. The van der Waals surface area contributed by atoms with Crippen molar-refractivity contribution in [1.82, 2.24) is 10.2 Å². The first-order valence-corrected chi connectivity index (χ1v) is 7.23. The van der Waals surface area contributed by atoms with Crippen molar-refractivity contribution < 1.29 is 9.18 Å². The molecule has 0 aliphatic carbocycles. The van der Waals surface area contributed by atoms with Crippen LogP contribution in [0.3, 0.4) is 0 Å². The summed E-state index contributed by atoms with van der Waals surface area (Å²) in [7, 11) is 4.01. The number of aryl methyl sites for hydroxylation is 1. The fourth-order valence-corrected chi connectivity index (χ4v) is 2.24. The second-order valence-corrected chi connectivity index (χ2v) is 5.65. The molecule has 0 bridgehead atoms. The molecule has 2 rings (SSSR count). The molecule has 2 aromatic rings. The normalized spacial score (nSPS) is 10.8. The van der Waals surface area contributed by atoms with E-state index in [4.69, 9.17) is 0 Å². The summed E-state index contributed by atoms with van der Waals surface area (Å²) in [4.78, 5) is 14.2. The summed E-state index contributed by atoms with van der Waals surface area (Å²) in [6.07, 6.45) is 0. The minimum absolute atomic E-state index is 0.265. The van der Waals surface area contributed by atoms with Gasteiger partial charge in [0.05, 0.1) is 0 Å². The van der Waals surface area contributed by atoms with Crippen molar-refractivity contribution in [2.24, 2.45) is 0 Å². The van der Waals surface area contributed by atoms with Crippen molar-refractivity contribution in [3.8, 4) is 0 Å².